The number of halogens is 5. The zero-order chi connectivity index (χ0) is 22.4. The molecule has 1 aliphatic heterocycles. The number of piperidine rings is 1. The van der Waals surface area contributed by atoms with Gasteiger partial charge in [0.1, 0.15) is 23.3 Å². The van der Waals surface area contributed by atoms with E-state index in [0.29, 0.717) is 26.4 Å². The van der Waals surface area contributed by atoms with Crippen molar-refractivity contribution in [2.75, 3.05) is 18.4 Å². The Morgan fingerprint density at radius 2 is 2.00 bits per heavy atom. The van der Waals surface area contributed by atoms with Crippen LogP contribution in [0.15, 0.2) is 36.7 Å². The Labute approximate surface area is 174 Å². The van der Waals surface area contributed by atoms with Crippen LogP contribution in [-0.2, 0) is 5.60 Å². The molecule has 3 aromatic heterocycles. The molecule has 3 N–H and O–H groups in total. The van der Waals surface area contributed by atoms with Gasteiger partial charge in [-0.05, 0) is 38.1 Å². The first-order valence-electron chi connectivity index (χ1n) is 9.63. The van der Waals surface area contributed by atoms with Gasteiger partial charge in [-0.25, -0.2) is 18.7 Å². The normalized spacial score (nSPS) is 21.8. The summed E-state index contributed by atoms with van der Waals surface area (Å²) in [5, 5.41) is 16.0. The number of alkyl halides is 4. The maximum atomic E-state index is 14.6. The molecule has 1 aliphatic rings. The van der Waals surface area contributed by atoms with Crippen LogP contribution in [0.2, 0.25) is 0 Å². The minimum Gasteiger partial charge on any atom is -0.376 e. The van der Waals surface area contributed by atoms with E-state index in [9.17, 15) is 27.1 Å². The molecule has 0 bridgehead atoms. The summed E-state index contributed by atoms with van der Waals surface area (Å²) in [4.78, 5) is 8.29. The molecule has 0 amide bonds. The summed E-state index contributed by atoms with van der Waals surface area (Å²) in [5.41, 5.74) is -3.37. The summed E-state index contributed by atoms with van der Waals surface area (Å²) in [5.74, 6) is -0.500. The second kappa shape index (κ2) is 7.72. The summed E-state index contributed by atoms with van der Waals surface area (Å²) in [6.07, 6.45) is -3.35. The number of pyridine rings is 2. The number of nitrogens with one attached hydrogen (secondary N) is 2. The highest BCUT2D eigenvalue weighted by molar-refractivity contribution is 5.63. The van der Waals surface area contributed by atoms with Gasteiger partial charge < -0.3 is 15.7 Å². The highest BCUT2D eigenvalue weighted by atomic mass is 19.4. The summed E-state index contributed by atoms with van der Waals surface area (Å²) < 4.78 is 69.7. The van der Waals surface area contributed by atoms with Crippen LogP contribution in [0.5, 0.6) is 0 Å². The fourth-order valence-corrected chi connectivity index (χ4v) is 3.47. The SMILES string of the molecule is CC(O)(c1ccc2ncc(-c3nc(NC4CNCCC4F)ccc3F)n2c1)C(F)(F)F. The van der Waals surface area contributed by atoms with E-state index in [2.05, 4.69) is 20.6 Å². The average Bonchev–Trinajstić information content (AvgIpc) is 3.13. The van der Waals surface area contributed by atoms with Gasteiger partial charge in [0.2, 0.25) is 0 Å². The van der Waals surface area contributed by atoms with E-state index in [-0.39, 0.29) is 22.9 Å². The lowest BCUT2D eigenvalue weighted by Gasteiger charge is -2.28. The number of anilines is 1. The van der Waals surface area contributed by atoms with Gasteiger partial charge in [-0.2, -0.15) is 13.2 Å². The number of aromatic nitrogens is 3. The fraction of sp³-hybridized carbons (Fsp3) is 0.400. The molecule has 0 radical (unpaired) electrons. The van der Waals surface area contributed by atoms with Crippen LogP contribution in [0.25, 0.3) is 17.0 Å². The molecule has 1 saturated heterocycles. The molecule has 3 unspecified atom stereocenters. The van der Waals surface area contributed by atoms with E-state index in [1.807, 2.05) is 0 Å². The van der Waals surface area contributed by atoms with E-state index < -0.39 is 35.4 Å². The van der Waals surface area contributed by atoms with Crippen molar-refractivity contribution in [3.05, 3.63) is 48.0 Å². The van der Waals surface area contributed by atoms with Crippen LogP contribution in [0.1, 0.15) is 18.9 Å². The Balaban J connectivity index is 1.74. The molecule has 3 aromatic rings. The van der Waals surface area contributed by atoms with Crippen molar-refractivity contribution in [3.63, 3.8) is 0 Å². The van der Waals surface area contributed by atoms with E-state index in [0.717, 1.165) is 18.3 Å². The summed E-state index contributed by atoms with van der Waals surface area (Å²) in [6.45, 7) is 1.58. The highest BCUT2D eigenvalue weighted by Crippen LogP contribution is 2.39. The van der Waals surface area contributed by atoms with E-state index in [1.54, 1.807) is 0 Å². The van der Waals surface area contributed by atoms with E-state index >= 15 is 0 Å². The predicted molar refractivity (Wildman–Crippen MR) is 104 cm³/mol. The minimum absolute atomic E-state index is 0.0922. The Morgan fingerprint density at radius 3 is 2.71 bits per heavy atom. The van der Waals surface area contributed by atoms with Gasteiger partial charge in [-0.15, -0.1) is 0 Å². The lowest BCUT2D eigenvalue weighted by atomic mass is 9.97. The first-order valence-corrected chi connectivity index (χ1v) is 9.63. The first kappa shape index (κ1) is 21.4. The van der Waals surface area contributed by atoms with Gasteiger partial charge in [-0.3, -0.25) is 4.40 Å². The molecule has 0 aromatic carbocycles. The third-order valence-corrected chi connectivity index (χ3v) is 5.44. The molecule has 0 aliphatic carbocycles. The number of hydrogen-bond acceptors (Lipinski definition) is 5. The number of rotatable bonds is 4. The molecular formula is C20H20F5N5O. The summed E-state index contributed by atoms with van der Waals surface area (Å²) in [6, 6.07) is 4.36. The molecule has 0 saturated carbocycles. The molecular weight excluding hydrogens is 421 g/mol. The van der Waals surface area contributed by atoms with Crippen LogP contribution in [-0.4, -0.2) is 51.0 Å². The van der Waals surface area contributed by atoms with Crippen LogP contribution < -0.4 is 10.6 Å². The maximum Gasteiger partial charge on any atom is 0.421 e. The largest absolute Gasteiger partial charge is 0.421 e. The second-order valence-corrected chi connectivity index (χ2v) is 7.65. The number of aliphatic hydroxyl groups is 1. The number of hydrogen-bond donors (Lipinski definition) is 3. The van der Waals surface area contributed by atoms with Crippen molar-refractivity contribution in [1.29, 1.82) is 0 Å². The van der Waals surface area contributed by atoms with Gasteiger partial charge in [-0.1, -0.05) is 6.07 Å². The van der Waals surface area contributed by atoms with Gasteiger partial charge >= 0.3 is 6.18 Å². The predicted octanol–water partition coefficient (Wildman–Crippen LogP) is 3.42. The molecule has 0 spiro atoms. The topological polar surface area (TPSA) is 74.5 Å². The van der Waals surface area contributed by atoms with Gasteiger partial charge in [0.25, 0.3) is 0 Å². The Kier molecular flexibility index (Phi) is 5.34. The van der Waals surface area contributed by atoms with Crippen molar-refractivity contribution in [3.8, 4) is 11.4 Å². The van der Waals surface area contributed by atoms with Gasteiger partial charge in [0.15, 0.2) is 11.4 Å². The fourth-order valence-electron chi connectivity index (χ4n) is 3.47. The van der Waals surface area contributed by atoms with Crippen LogP contribution in [0, 0.1) is 5.82 Å². The summed E-state index contributed by atoms with van der Waals surface area (Å²) in [7, 11) is 0. The van der Waals surface area contributed by atoms with Crippen molar-refractivity contribution in [1.82, 2.24) is 19.7 Å². The van der Waals surface area contributed by atoms with Crippen LogP contribution in [0.4, 0.5) is 27.8 Å². The zero-order valence-electron chi connectivity index (χ0n) is 16.4. The maximum absolute atomic E-state index is 14.6. The van der Waals surface area contributed by atoms with Crippen LogP contribution >= 0.6 is 0 Å². The Bertz CT molecular complexity index is 1100. The number of nitrogens with zero attached hydrogens (tertiary/aromatic N) is 3. The third-order valence-electron chi connectivity index (χ3n) is 5.44. The van der Waals surface area contributed by atoms with Crippen molar-refractivity contribution in [2.24, 2.45) is 0 Å². The Morgan fingerprint density at radius 1 is 1.23 bits per heavy atom. The van der Waals surface area contributed by atoms with Crippen molar-refractivity contribution in [2.45, 2.75) is 37.3 Å². The summed E-state index contributed by atoms with van der Waals surface area (Å²) >= 11 is 0. The molecule has 1 fully saturated rings. The third kappa shape index (κ3) is 3.94. The highest BCUT2D eigenvalue weighted by Gasteiger charge is 2.51. The average molecular weight is 441 g/mol. The zero-order valence-corrected chi connectivity index (χ0v) is 16.4. The molecule has 31 heavy (non-hydrogen) atoms. The second-order valence-electron chi connectivity index (χ2n) is 7.65. The molecule has 11 heteroatoms. The van der Waals surface area contributed by atoms with Crippen molar-refractivity contribution < 1.29 is 27.1 Å². The monoisotopic (exact) mass is 441 g/mol. The van der Waals surface area contributed by atoms with Crippen LogP contribution in [0.3, 0.4) is 0 Å². The molecule has 166 valence electrons. The Hall–Kier alpha value is -2.79. The molecule has 4 rings (SSSR count). The minimum atomic E-state index is -4.91. The lowest BCUT2D eigenvalue weighted by molar-refractivity contribution is -0.259. The molecule has 6 nitrogen and oxygen atoms in total. The van der Waals surface area contributed by atoms with Crippen molar-refractivity contribution >= 4 is 11.5 Å². The first-order chi connectivity index (χ1) is 14.6. The molecule has 3 atom stereocenters. The lowest BCUT2D eigenvalue weighted by Crippen LogP contribution is -2.46. The number of imidazole rings is 1. The molecule has 4 heterocycles. The quantitative estimate of drug-likeness (QED) is 0.541. The van der Waals surface area contributed by atoms with E-state index in [1.165, 1.54) is 22.7 Å². The van der Waals surface area contributed by atoms with Gasteiger partial charge in [0.05, 0.1) is 17.9 Å². The van der Waals surface area contributed by atoms with Gasteiger partial charge in [0, 0.05) is 18.3 Å². The smallest absolute Gasteiger partial charge is 0.376 e. The van der Waals surface area contributed by atoms with E-state index in [4.69, 9.17) is 0 Å². The standard InChI is InChI=1S/C20H20F5N5O/c1-19(31,20(23,24)25)11-2-5-17-27-9-15(30(17)10-11)18-13(22)3-4-16(29-18)28-14-8-26-7-6-12(14)21/h2-5,9-10,12,14,26,31H,6-8H2,1H3,(H,28,29). The number of fused-ring (bicyclic) bond motifs is 1.